The summed E-state index contributed by atoms with van der Waals surface area (Å²) < 4.78 is 7.33. The lowest BCUT2D eigenvalue weighted by molar-refractivity contribution is 0.375. The summed E-state index contributed by atoms with van der Waals surface area (Å²) in [4.78, 5) is 4.38. The zero-order valence-corrected chi connectivity index (χ0v) is 15.6. The SMILES string of the molecule is C=CCn1c(SC(C)c2nc(CC)no2)nnc1-c1ccc(Cl)cc1. The topological polar surface area (TPSA) is 69.6 Å². The van der Waals surface area contributed by atoms with Gasteiger partial charge in [0.1, 0.15) is 0 Å². The molecule has 0 aliphatic carbocycles. The first-order valence-electron chi connectivity index (χ1n) is 7.91. The van der Waals surface area contributed by atoms with Crippen LogP contribution in [0.1, 0.15) is 30.8 Å². The highest BCUT2D eigenvalue weighted by molar-refractivity contribution is 7.99. The molecule has 2 aromatic heterocycles. The lowest BCUT2D eigenvalue weighted by Crippen LogP contribution is -2.02. The van der Waals surface area contributed by atoms with Crippen LogP contribution in [0.15, 0.2) is 46.6 Å². The van der Waals surface area contributed by atoms with Gasteiger partial charge in [-0.25, -0.2) is 0 Å². The molecule has 0 saturated carbocycles. The predicted octanol–water partition coefficient (Wildman–Crippen LogP) is 4.58. The zero-order chi connectivity index (χ0) is 17.8. The van der Waals surface area contributed by atoms with Crippen LogP contribution in [-0.2, 0) is 13.0 Å². The van der Waals surface area contributed by atoms with Gasteiger partial charge in [-0.1, -0.05) is 41.5 Å². The van der Waals surface area contributed by atoms with Gasteiger partial charge in [0, 0.05) is 23.6 Å². The van der Waals surface area contributed by atoms with E-state index in [1.165, 1.54) is 11.8 Å². The molecular weight excluding hydrogens is 358 g/mol. The first-order chi connectivity index (χ1) is 12.1. The second kappa shape index (κ2) is 7.84. The minimum Gasteiger partial charge on any atom is -0.338 e. The molecule has 3 aromatic rings. The molecule has 0 aliphatic rings. The van der Waals surface area contributed by atoms with Crippen molar-refractivity contribution in [2.24, 2.45) is 0 Å². The Morgan fingerprint density at radius 2 is 2.08 bits per heavy atom. The molecule has 3 rings (SSSR count). The number of aromatic nitrogens is 5. The van der Waals surface area contributed by atoms with Crippen LogP contribution in [0.4, 0.5) is 0 Å². The molecule has 0 bridgehead atoms. The Kier molecular flexibility index (Phi) is 5.55. The van der Waals surface area contributed by atoms with E-state index >= 15 is 0 Å². The Hall–Kier alpha value is -2.12. The van der Waals surface area contributed by atoms with Gasteiger partial charge < -0.3 is 4.52 Å². The van der Waals surface area contributed by atoms with Gasteiger partial charge in [-0.15, -0.1) is 16.8 Å². The van der Waals surface area contributed by atoms with E-state index < -0.39 is 0 Å². The molecule has 8 heteroatoms. The van der Waals surface area contributed by atoms with Crippen molar-refractivity contribution in [2.75, 3.05) is 0 Å². The summed E-state index contributed by atoms with van der Waals surface area (Å²) in [7, 11) is 0. The number of nitrogens with zero attached hydrogens (tertiary/aromatic N) is 5. The van der Waals surface area contributed by atoms with Crippen molar-refractivity contribution in [1.29, 1.82) is 0 Å². The van der Waals surface area contributed by atoms with Crippen molar-refractivity contribution in [3.05, 3.63) is 53.7 Å². The van der Waals surface area contributed by atoms with Crippen molar-refractivity contribution >= 4 is 23.4 Å². The van der Waals surface area contributed by atoms with Gasteiger partial charge in [0.25, 0.3) is 0 Å². The molecule has 0 fully saturated rings. The van der Waals surface area contributed by atoms with Crippen LogP contribution in [0.3, 0.4) is 0 Å². The van der Waals surface area contributed by atoms with Gasteiger partial charge in [-0.3, -0.25) is 4.57 Å². The smallest absolute Gasteiger partial charge is 0.239 e. The van der Waals surface area contributed by atoms with Crippen molar-refractivity contribution in [2.45, 2.75) is 37.2 Å². The minimum absolute atomic E-state index is 0.0290. The van der Waals surface area contributed by atoms with Gasteiger partial charge >= 0.3 is 0 Å². The number of rotatable bonds is 7. The van der Waals surface area contributed by atoms with E-state index in [0.29, 0.717) is 23.3 Å². The zero-order valence-electron chi connectivity index (χ0n) is 14.0. The maximum Gasteiger partial charge on any atom is 0.239 e. The number of benzene rings is 1. The Morgan fingerprint density at radius 3 is 2.72 bits per heavy atom. The molecule has 1 aromatic carbocycles. The third kappa shape index (κ3) is 3.93. The lowest BCUT2D eigenvalue weighted by Gasteiger charge is -2.09. The molecular formula is C17H18ClN5OS. The monoisotopic (exact) mass is 375 g/mol. The second-order valence-electron chi connectivity index (χ2n) is 5.37. The molecule has 6 nitrogen and oxygen atoms in total. The van der Waals surface area contributed by atoms with E-state index in [-0.39, 0.29) is 5.25 Å². The number of halogens is 1. The molecule has 0 N–H and O–H groups in total. The summed E-state index contributed by atoms with van der Waals surface area (Å²) in [5.41, 5.74) is 0.948. The van der Waals surface area contributed by atoms with Crippen molar-refractivity contribution in [1.82, 2.24) is 24.9 Å². The molecule has 0 spiro atoms. The molecule has 1 atom stereocenters. The molecule has 0 saturated heterocycles. The van der Waals surface area contributed by atoms with E-state index in [1.807, 2.05) is 48.8 Å². The average molecular weight is 376 g/mol. The first-order valence-corrected chi connectivity index (χ1v) is 9.17. The highest BCUT2D eigenvalue weighted by atomic mass is 35.5. The van der Waals surface area contributed by atoms with E-state index in [4.69, 9.17) is 16.1 Å². The van der Waals surface area contributed by atoms with Crippen molar-refractivity contribution in [3.8, 4) is 11.4 Å². The first kappa shape index (κ1) is 17.7. The highest BCUT2D eigenvalue weighted by Gasteiger charge is 2.20. The number of aryl methyl sites for hydroxylation is 1. The fraction of sp³-hybridized carbons (Fsp3) is 0.294. The van der Waals surface area contributed by atoms with E-state index in [2.05, 4.69) is 26.9 Å². The third-order valence-electron chi connectivity index (χ3n) is 3.56. The Labute approximate surface area is 155 Å². The van der Waals surface area contributed by atoms with Crippen LogP contribution >= 0.6 is 23.4 Å². The predicted molar refractivity (Wildman–Crippen MR) is 98.6 cm³/mol. The van der Waals surface area contributed by atoms with Gasteiger partial charge in [-0.05, 0) is 31.2 Å². The summed E-state index contributed by atoms with van der Waals surface area (Å²) in [6.07, 6.45) is 2.56. The average Bonchev–Trinajstić information content (AvgIpc) is 3.24. The molecule has 25 heavy (non-hydrogen) atoms. The molecule has 130 valence electrons. The fourth-order valence-corrected chi connectivity index (χ4v) is 3.28. The molecule has 1 unspecified atom stereocenters. The van der Waals surface area contributed by atoms with E-state index in [9.17, 15) is 0 Å². The summed E-state index contributed by atoms with van der Waals surface area (Å²) in [6, 6.07) is 7.53. The van der Waals surface area contributed by atoms with Crippen LogP contribution in [0.2, 0.25) is 5.02 Å². The van der Waals surface area contributed by atoms with Crippen LogP contribution in [0.5, 0.6) is 0 Å². The summed E-state index contributed by atoms with van der Waals surface area (Å²) in [6.45, 7) is 8.43. The van der Waals surface area contributed by atoms with Gasteiger partial charge in [0.05, 0.1) is 5.25 Å². The van der Waals surface area contributed by atoms with Crippen LogP contribution in [0.25, 0.3) is 11.4 Å². The maximum absolute atomic E-state index is 5.97. The maximum atomic E-state index is 5.97. The van der Waals surface area contributed by atoms with Crippen molar-refractivity contribution in [3.63, 3.8) is 0 Å². The van der Waals surface area contributed by atoms with Crippen LogP contribution < -0.4 is 0 Å². The van der Waals surface area contributed by atoms with Gasteiger partial charge in [-0.2, -0.15) is 4.98 Å². The quantitative estimate of drug-likeness (QED) is 0.444. The highest BCUT2D eigenvalue weighted by Crippen LogP contribution is 2.34. The normalized spacial score (nSPS) is 12.3. The fourth-order valence-electron chi connectivity index (χ4n) is 2.27. The van der Waals surface area contributed by atoms with Crippen LogP contribution in [0, 0.1) is 0 Å². The number of thioether (sulfide) groups is 1. The summed E-state index contributed by atoms with van der Waals surface area (Å²) in [5.74, 6) is 2.06. The standard InChI is InChI=1S/C17H18ClN5OS/c1-4-10-23-15(12-6-8-13(18)9-7-12)20-21-17(23)25-11(3)16-19-14(5-2)22-24-16/h4,6-9,11H,1,5,10H2,2-3H3. The Balaban J connectivity index is 1.88. The van der Waals surface area contributed by atoms with Gasteiger partial charge in [0.2, 0.25) is 5.89 Å². The third-order valence-corrected chi connectivity index (χ3v) is 4.88. The summed E-state index contributed by atoms with van der Waals surface area (Å²) >= 11 is 7.49. The van der Waals surface area contributed by atoms with E-state index in [0.717, 1.165) is 23.0 Å². The second-order valence-corrected chi connectivity index (χ2v) is 7.12. The molecule has 0 radical (unpaired) electrons. The number of hydrogen-bond donors (Lipinski definition) is 0. The minimum atomic E-state index is -0.0290. The van der Waals surface area contributed by atoms with E-state index in [1.54, 1.807) is 0 Å². The van der Waals surface area contributed by atoms with Gasteiger partial charge in [0.15, 0.2) is 16.8 Å². The number of allylic oxidation sites excluding steroid dienone is 1. The van der Waals surface area contributed by atoms with Crippen molar-refractivity contribution < 1.29 is 4.52 Å². The molecule has 0 amide bonds. The molecule has 0 aliphatic heterocycles. The summed E-state index contributed by atoms with van der Waals surface area (Å²) in [5, 5.41) is 14.0. The Morgan fingerprint density at radius 1 is 1.32 bits per heavy atom. The molecule has 2 heterocycles. The number of hydrogen-bond acceptors (Lipinski definition) is 6. The Bertz CT molecular complexity index is 858. The largest absolute Gasteiger partial charge is 0.338 e. The lowest BCUT2D eigenvalue weighted by atomic mass is 10.2. The van der Waals surface area contributed by atoms with Crippen LogP contribution in [-0.4, -0.2) is 24.9 Å².